The molecule has 0 aromatic heterocycles. The van der Waals surface area contributed by atoms with E-state index in [0.717, 1.165) is 22.3 Å². The predicted molar refractivity (Wildman–Crippen MR) is 110 cm³/mol. The summed E-state index contributed by atoms with van der Waals surface area (Å²) in [6, 6.07) is 23.3. The highest BCUT2D eigenvalue weighted by Gasteiger charge is 2.15. The molecule has 3 heteroatoms. The van der Waals surface area contributed by atoms with E-state index >= 15 is 0 Å². The van der Waals surface area contributed by atoms with Crippen LogP contribution in [0.3, 0.4) is 0 Å². The first-order chi connectivity index (χ1) is 12.5. The Labute approximate surface area is 159 Å². The topological polar surface area (TPSA) is 29.1 Å². The van der Waals surface area contributed by atoms with Gasteiger partial charge in [-0.05, 0) is 48.2 Å². The van der Waals surface area contributed by atoms with Gasteiger partial charge in [-0.15, -0.1) is 0 Å². The molecule has 3 aromatic rings. The molecule has 0 saturated carbocycles. The second-order valence-corrected chi connectivity index (χ2v) is 6.63. The average molecular weight is 362 g/mol. The van der Waals surface area contributed by atoms with Crippen molar-refractivity contribution in [3.8, 4) is 0 Å². The quantitative estimate of drug-likeness (QED) is 0.439. The zero-order valence-electron chi connectivity index (χ0n) is 14.8. The molecule has 0 saturated heterocycles. The summed E-state index contributed by atoms with van der Waals surface area (Å²) in [4.78, 5) is 13.1. The van der Waals surface area contributed by atoms with Gasteiger partial charge < -0.3 is 5.32 Å². The van der Waals surface area contributed by atoms with Crippen molar-refractivity contribution in [1.82, 2.24) is 0 Å². The molecule has 0 atom stereocenters. The predicted octanol–water partition coefficient (Wildman–Crippen LogP) is 6.14. The minimum Gasteiger partial charge on any atom is -0.320 e. The van der Waals surface area contributed by atoms with Crippen LogP contribution in [0.5, 0.6) is 0 Å². The van der Waals surface area contributed by atoms with Crippen LogP contribution in [0.4, 0.5) is 5.69 Å². The lowest BCUT2D eigenvalue weighted by Gasteiger charge is -2.14. The van der Waals surface area contributed by atoms with Crippen molar-refractivity contribution in [2.45, 2.75) is 13.8 Å². The molecule has 26 heavy (non-hydrogen) atoms. The van der Waals surface area contributed by atoms with Gasteiger partial charge in [0, 0.05) is 5.57 Å². The summed E-state index contributed by atoms with van der Waals surface area (Å²) in [6.45, 7) is 3.92. The van der Waals surface area contributed by atoms with Crippen LogP contribution in [0.25, 0.3) is 11.6 Å². The number of amides is 1. The Kier molecular flexibility index (Phi) is 5.55. The van der Waals surface area contributed by atoms with Crippen LogP contribution in [0.15, 0.2) is 72.8 Å². The fourth-order valence-corrected chi connectivity index (χ4v) is 3.24. The molecule has 0 aliphatic carbocycles. The first-order valence-electron chi connectivity index (χ1n) is 8.45. The van der Waals surface area contributed by atoms with Gasteiger partial charge in [0.1, 0.15) is 0 Å². The van der Waals surface area contributed by atoms with Crippen LogP contribution < -0.4 is 5.32 Å². The number of hydrogen-bond acceptors (Lipinski definition) is 1. The summed E-state index contributed by atoms with van der Waals surface area (Å²) in [5.41, 5.74) is 5.07. The SMILES string of the molecule is Cc1cc(C)c(NC(=O)/C(=C/c2ccccc2)c2ccccc2)c(Cl)c1. The van der Waals surface area contributed by atoms with Gasteiger partial charge in [0.15, 0.2) is 0 Å². The van der Waals surface area contributed by atoms with Crippen molar-refractivity contribution in [3.63, 3.8) is 0 Å². The van der Waals surface area contributed by atoms with E-state index in [9.17, 15) is 4.79 Å². The van der Waals surface area contributed by atoms with Gasteiger partial charge in [-0.25, -0.2) is 0 Å². The molecule has 1 N–H and O–H groups in total. The van der Waals surface area contributed by atoms with Crippen LogP contribution in [0.1, 0.15) is 22.3 Å². The van der Waals surface area contributed by atoms with Crippen LogP contribution in [-0.4, -0.2) is 5.91 Å². The summed E-state index contributed by atoms with van der Waals surface area (Å²) in [5.74, 6) is -0.186. The number of anilines is 1. The molecular weight excluding hydrogens is 342 g/mol. The van der Waals surface area contributed by atoms with Gasteiger partial charge in [0.05, 0.1) is 10.7 Å². The van der Waals surface area contributed by atoms with Crippen molar-refractivity contribution in [2.75, 3.05) is 5.32 Å². The number of nitrogens with one attached hydrogen (secondary N) is 1. The lowest BCUT2D eigenvalue weighted by molar-refractivity contribution is -0.111. The Balaban J connectivity index is 2.00. The first kappa shape index (κ1) is 18.0. The lowest BCUT2D eigenvalue weighted by Crippen LogP contribution is -2.15. The van der Waals surface area contributed by atoms with Crippen LogP contribution in [-0.2, 0) is 4.79 Å². The molecule has 3 rings (SSSR count). The van der Waals surface area contributed by atoms with E-state index in [-0.39, 0.29) is 5.91 Å². The summed E-state index contributed by atoms with van der Waals surface area (Å²) >= 11 is 6.36. The van der Waals surface area contributed by atoms with Gasteiger partial charge in [-0.1, -0.05) is 78.3 Å². The highest BCUT2D eigenvalue weighted by molar-refractivity contribution is 6.36. The van der Waals surface area contributed by atoms with Crippen LogP contribution >= 0.6 is 11.6 Å². The van der Waals surface area contributed by atoms with Gasteiger partial charge in [-0.2, -0.15) is 0 Å². The number of carbonyl (C=O) groups excluding carboxylic acids is 1. The third kappa shape index (κ3) is 4.22. The second-order valence-electron chi connectivity index (χ2n) is 6.23. The number of halogens is 1. The molecule has 0 spiro atoms. The third-order valence-electron chi connectivity index (χ3n) is 4.11. The van der Waals surface area contributed by atoms with Gasteiger partial charge in [0.25, 0.3) is 5.91 Å². The summed E-state index contributed by atoms with van der Waals surface area (Å²) in [5, 5.41) is 3.53. The molecule has 130 valence electrons. The van der Waals surface area contributed by atoms with E-state index in [0.29, 0.717) is 16.3 Å². The average Bonchev–Trinajstić information content (AvgIpc) is 2.64. The van der Waals surface area contributed by atoms with Crippen molar-refractivity contribution in [1.29, 1.82) is 0 Å². The van der Waals surface area contributed by atoms with Crippen molar-refractivity contribution in [3.05, 3.63) is 100 Å². The molecule has 0 aliphatic heterocycles. The molecule has 0 bridgehead atoms. The highest BCUT2D eigenvalue weighted by atomic mass is 35.5. The standard InChI is InChI=1S/C23H20ClNO/c1-16-13-17(2)22(21(24)14-16)25-23(26)20(19-11-7-4-8-12-19)15-18-9-5-3-6-10-18/h3-15H,1-2H3,(H,25,26)/b20-15+. The smallest absolute Gasteiger partial charge is 0.256 e. The van der Waals surface area contributed by atoms with Crippen LogP contribution in [0, 0.1) is 13.8 Å². The van der Waals surface area contributed by atoms with Crippen LogP contribution in [0.2, 0.25) is 5.02 Å². The third-order valence-corrected chi connectivity index (χ3v) is 4.41. The van der Waals surface area contributed by atoms with Crippen molar-refractivity contribution in [2.24, 2.45) is 0 Å². The second kappa shape index (κ2) is 8.03. The fourth-order valence-electron chi connectivity index (χ4n) is 2.87. The molecule has 0 heterocycles. The van der Waals surface area contributed by atoms with Crippen molar-refractivity contribution >= 4 is 34.8 Å². The Morgan fingerprint density at radius 3 is 2.15 bits per heavy atom. The molecular formula is C23H20ClNO. The maximum Gasteiger partial charge on any atom is 0.256 e. The molecule has 3 aromatic carbocycles. The Morgan fingerprint density at radius 1 is 0.923 bits per heavy atom. The summed E-state index contributed by atoms with van der Waals surface area (Å²) < 4.78 is 0. The number of aryl methyl sites for hydroxylation is 2. The summed E-state index contributed by atoms with van der Waals surface area (Å²) in [6.07, 6.45) is 1.89. The number of rotatable bonds is 4. The minimum absolute atomic E-state index is 0.186. The van der Waals surface area contributed by atoms with Gasteiger partial charge in [-0.3, -0.25) is 4.79 Å². The maximum absolute atomic E-state index is 13.1. The van der Waals surface area contributed by atoms with Gasteiger partial charge >= 0.3 is 0 Å². The summed E-state index contributed by atoms with van der Waals surface area (Å²) in [7, 11) is 0. The first-order valence-corrected chi connectivity index (χ1v) is 8.82. The van der Waals surface area contributed by atoms with E-state index in [1.165, 1.54) is 0 Å². The largest absolute Gasteiger partial charge is 0.320 e. The lowest BCUT2D eigenvalue weighted by atomic mass is 10.0. The Hall–Kier alpha value is -2.84. The highest BCUT2D eigenvalue weighted by Crippen LogP contribution is 2.29. The van der Waals surface area contributed by atoms with E-state index < -0.39 is 0 Å². The zero-order chi connectivity index (χ0) is 18.5. The fraction of sp³-hybridized carbons (Fsp3) is 0.0870. The molecule has 0 aliphatic rings. The molecule has 2 nitrogen and oxygen atoms in total. The monoisotopic (exact) mass is 361 g/mol. The Morgan fingerprint density at radius 2 is 1.54 bits per heavy atom. The molecule has 0 radical (unpaired) electrons. The number of hydrogen-bond donors (Lipinski definition) is 1. The van der Waals surface area contributed by atoms with Crippen molar-refractivity contribution < 1.29 is 4.79 Å². The van der Waals surface area contributed by atoms with E-state index in [1.807, 2.05) is 92.7 Å². The minimum atomic E-state index is -0.186. The molecule has 1 amide bonds. The number of carbonyl (C=O) groups is 1. The Bertz CT molecular complexity index is 923. The molecule has 0 unspecified atom stereocenters. The van der Waals surface area contributed by atoms with E-state index in [1.54, 1.807) is 0 Å². The van der Waals surface area contributed by atoms with E-state index in [4.69, 9.17) is 11.6 Å². The maximum atomic E-state index is 13.1. The van der Waals surface area contributed by atoms with Gasteiger partial charge in [0.2, 0.25) is 0 Å². The molecule has 0 fully saturated rings. The van der Waals surface area contributed by atoms with E-state index in [2.05, 4.69) is 5.32 Å². The number of benzene rings is 3. The zero-order valence-corrected chi connectivity index (χ0v) is 15.5. The normalized spacial score (nSPS) is 11.3.